The third-order valence-corrected chi connectivity index (χ3v) is 2.97. The molecule has 2 rings (SSSR count). The fourth-order valence-corrected chi connectivity index (χ4v) is 1.99. The number of hydrogen-bond donors (Lipinski definition) is 0. The van der Waals surface area contributed by atoms with E-state index in [1.54, 1.807) is 11.3 Å². The largest absolute Gasteiger partial charge is 0.363 e. The van der Waals surface area contributed by atoms with Crippen molar-refractivity contribution in [2.24, 2.45) is 0 Å². The molecule has 0 aromatic carbocycles. The Balaban J connectivity index is 2.17. The summed E-state index contributed by atoms with van der Waals surface area (Å²) in [5.74, 6) is 0. The average molecular weight is 167 g/mol. The topological polar surface area (TPSA) is 20.3 Å². The molecule has 2 heterocycles. The minimum Gasteiger partial charge on any atom is -0.363 e. The Morgan fingerprint density at radius 1 is 1.45 bits per heavy atom. The first-order valence-electron chi connectivity index (χ1n) is 3.70. The van der Waals surface area contributed by atoms with E-state index in [4.69, 9.17) is 0 Å². The molecule has 58 valence electrons. The van der Waals surface area contributed by atoms with Crippen molar-refractivity contribution >= 4 is 22.6 Å². The Morgan fingerprint density at radius 2 is 2.27 bits per heavy atom. The maximum atomic E-state index is 10.3. The van der Waals surface area contributed by atoms with E-state index in [2.05, 4.69) is 4.90 Å². The van der Waals surface area contributed by atoms with Gasteiger partial charge in [0.25, 0.3) is 0 Å². The fourth-order valence-electron chi connectivity index (χ4n) is 1.11. The molecule has 11 heavy (non-hydrogen) atoms. The molecule has 2 nitrogen and oxygen atoms in total. The van der Waals surface area contributed by atoms with Crippen LogP contribution in [-0.2, 0) is 0 Å². The molecule has 1 saturated heterocycles. The first kappa shape index (κ1) is 6.85. The molecule has 1 aliphatic heterocycles. The molecule has 0 radical (unpaired) electrons. The molecule has 0 saturated carbocycles. The lowest BCUT2D eigenvalue weighted by molar-refractivity contribution is 0.112. The van der Waals surface area contributed by atoms with E-state index in [9.17, 15) is 4.79 Å². The molecule has 1 aliphatic rings. The summed E-state index contributed by atoms with van der Waals surface area (Å²) in [4.78, 5) is 13.5. The second-order valence-electron chi connectivity index (χ2n) is 2.63. The average Bonchev–Trinajstić information content (AvgIpc) is 2.32. The lowest BCUT2D eigenvalue weighted by atomic mass is 10.2. The molecule has 0 spiro atoms. The SMILES string of the molecule is O=Cc1ccc(N2CCC2)s1. The van der Waals surface area contributed by atoms with Crippen molar-refractivity contribution in [2.75, 3.05) is 18.0 Å². The van der Waals surface area contributed by atoms with Crippen LogP contribution >= 0.6 is 11.3 Å². The van der Waals surface area contributed by atoms with Crippen molar-refractivity contribution in [2.45, 2.75) is 6.42 Å². The molecule has 0 aliphatic carbocycles. The van der Waals surface area contributed by atoms with Crippen molar-refractivity contribution in [3.8, 4) is 0 Å². The quantitative estimate of drug-likeness (QED) is 0.626. The highest BCUT2D eigenvalue weighted by atomic mass is 32.1. The van der Waals surface area contributed by atoms with Crippen LogP contribution in [-0.4, -0.2) is 19.4 Å². The van der Waals surface area contributed by atoms with Gasteiger partial charge >= 0.3 is 0 Å². The van der Waals surface area contributed by atoms with Gasteiger partial charge in [0.05, 0.1) is 9.88 Å². The molecule has 0 bridgehead atoms. The van der Waals surface area contributed by atoms with Gasteiger partial charge in [0, 0.05) is 13.1 Å². The first-order valence-corrected chi connectivity index (χ1v) is 4.52. The lowest BCUT2D eigenvalue weighted by Gasteiger charge is -2.31. The highest BCUT2D eigenvalue weighted by molar-refractivity contribution is 7.17. The van der Waals surface area contributed by atoms with Crippen molar-refractivity contribution in [3.05, 3.63) is 17.0 Å². The Morgan fingerprint density at radius 3 is 2.73 bits per heavy atom. The van der Waals surface area contributed by atoms with Gasteiger partial charge in [0.2, 0.25) is 0 Å². The summed E-state index contributed by atoms with van der Waals surface area (Å²) >= 11 is 1.57. The van der Waals surface area contributed by atoms with Crippen LogP contribution in [0.3, 0.4) is 0 Å². The van der Waals surface area contributed by atoms with Crippen LogP contribution in [0.4, 0.5) is 5.00 Å². The van der Waals surface area contributed by atoms with Gasteiger partial charge in [-0.2, -0.15) is 0 Å². The molecule has 0 unspecified atom stereocenters. The zero-order valence-electron chi connectivity index (χ0n) is 6.12. The molecule has 1 aromatic heterocycles. The van der Waals surface area contributed by atoms with E-state index in [0.29, 0.717) is 0 Å². The summed E-state index contributed by atoms with van der Waals surface area (Å²) in [6, 6.07) is 3.90. The maximum Gasteiger partial charge on any atom is 0.160 e. The van der Waals surface area contributed by atoms with Gasteiger partial charge in [0.15, 0.2) is 6.29 Å². The third-order valence-electron chi connectivity index (χ3n) is 1.90. The maximum absolute atomic E-state index is 10.3. The standard InChI is InChI=1S/C8H9NOS/c10-6-7-2-3-8(11-7)9-4-1-5-9/h2-3,6H,1,4-5H2. The minimum atomic E-state index is 0.826. The summed E-state index contributed by atoms with van der Waals surface area (Å²) in [5.41, 5.74) is 0. The zero-order valence-corrected chi connectivity index (χ0v) is 6.93. The zero-order chi connectivity index (χ0) is 7.68. The highest BCUT2D eigenvalue weighted by Gasteiger charge is 2.15. The van der Waals surface area contributed by atoms with Crippen LogP contribution in [0.15, 0.2) is 12.1 Å². The van der Waals surface area contributed by atoms with Gasteiger partial charge in [0.1, 0.15) is 0 Å². The number of nitrogens with zero attached hydrogens (tertiary/aromatic N) is 1. The Bertz CT molecular complexity index is 265. The fraction of sp³-hybridized carbons (Fsp3) is 0.375. The molecule has 1 fully saturated rings. The summed E-state index contributed by atoms with van der Waals surface area (Å²) in [6.45, 7) is 2.30. The van der Waals surface area contributed by atoms with Crippen LogP contribution in [0, 0.1) is 0 Å². The van der Waals surface area contributed by atoms with Crippen LogP contribution in [0.25, 0.3) is 0 Å². The van der Waals surface area contributed by atoms with Crippen molar-refractivity contribution in [1.29, 1.82) is 0 Å². The molecular weight excluding hydrogens is 158 g/mol. The number of hydrogen-bond acceptors (Lipinski definition) is 3. The van der Waals surface area contributed by atoms with E-state index in [1.807, 2.05) is 12.1 Å². The second kappa shape index (κ2) is 2.66. The normalized spacial score (nSPS) is 16.2. The van der Waals surface area contributed by atoms with Crippen molar-refractivity contribution in [3.63, 3.8) is 0 Å². The number of thiophene rings is 1. The number of aldehydes is 1. The highest BCUT2D eigenvalue weighted by Crippen LogP contribution is 2.28. The summed E-state index contributed by atoms with van der Waals surface area (Å²) in [5, 5.41) is 1.23. The second-order valence-corrected chi connectivity index (χ2v) is 3.73. The minimum absolute atomic E-state index is 0.826. The van der Waals surface area contributed by atoms with Gasteiger partial charge in [-0.05, 0) is 18.6 Å². The van der Waals surface area contributed by atoms with E-state index in [1.165, 1.54) is 11.4 Å². The first-order chi connectivity index (χ1) is 5.40. The van der Waals surface area contributed by atoms with Crippen LogP contribution in [0.1, 0.15) is 16.1 Å². The predicted molar refractivity (Wildman–Crippen MR) is 46.5 cm³/mol. The van der Waals surface area contributed by atoms with Gasteiger partial charge in [-0.25, -0.2) is 0 Å². The molecule has 0 amide bonds. The molecule has 0 N–H and O–H groups in total. The molecule has 1 aromatic rings. The van der Waals surface area contributed by atoms with E-state index in [0.717, 1.165) is 24.3 Å². The van der Waals surface area contributed by atoms with Gasteiger partial charge in [-0.1, -0.05) is 0 Å². The summed E-state index contributed by atoms with van der Waals surface area (Å²) < 4.78 is 0. The Kier molecular flexibility index (Phi) is 1.66. The molecule has 3 heteroatoms. The predicted octanol–water partition coefficient (Wildman–Crippen LogP) is 1.77. The van der Waals surface area contributed by atoms with Crippen molar-refractivity contribution in [1.82, 2.24) is 0 Å². The van der Waals surface area contributed by atoms with Crippen molar-refractivity contribution < 1.29 is 4.79 Å². The Labute approximate surface area is 69.4 Å². The number of anilines is 1. The smallest absolute Gasteiger partial charge is 0.160 e. The van der Waals surface area contributed by atoms with Gasteiger partial charge in [-0.3, -0.25) is 4.79 Å². The number of rotatable bonds is 2. The van der Waals surface area contributed by atoms with Crippen LogP contribution in [0.5, 0.6) is 0 Å². The van der Waals surface area contributed by atoms with Gasteiger partial charge < -0.3 is 4.90 Å². The Hall–Kier alpha value is -0.830. The molecular formula is C8H9NOS. The van der Waals surface area contributed by atoms with Gasteiger partial charge in [-0.15, -0.1) is 11.3 Å². The lowest BCUT2D eigenvalue weighted by Crippen LogP contribution is -2.36. The monoisotopic (exact) mass is 167 g/mol. The molecule has 0 atom stereocenters. The van der Waals surface area contributed by atoms with Crippen LogP contribution in [0.2, 0.25) is 0 Å². The van der Waals surface area contributed by atoms with Crippen LogP contribution < -0.4 is 4.90 Å². The number of carbonyl (C=O) groups excluding carboxylic acids is 1. The van der Waals surface area contributed by atoms with E-state index in [-0.39, 0.29) is 0 Å². The third kappa shape index (κ3) is 1.16. The summed E-state index contributed by atoms with van der Waals surface area (Å²) in [7, 11) is 0. The van der Waals surface area contributed by atoms with E-state index < -0.39 is 0 Å². The van der Waals surface area contributed by atoms with E-state index >= 15 is 0 Å². The number of carbonyl (C=O) groups is 1. The summed E-state index contributed by atoms with van der Waals surface area (Å²) in [6.07, 6.45) is 2.20.